The summed E-state index contributed by atoms with van der Waals surface area (Å²) < 4.78 is 1.70. The van der Waals surface area contributed by atoms with Crippen LogP contribution in [-0.2, 0) is 6.42 Å². The average molecular weight is 406 g/mol. The number of carbonyl (C=O) groups is 1. The molecule has 2 heterocycles. The summed E-state index contributed by atoms with van der Waals surface area (Å²) in [4.78, 5) is 12.8. The molecule has 0 saturated carbocycles. The molecular formula is C22H20ClN5O. The van der Waals surface area contributed by atoms with Gasteiger partial charge in [0.1, 0.15) is 0 Å². The lowest BCUT2D eigenvalue weighted by Crippen LogP contribution is -2.18. The number of anilines is 1. The molecule has 4 aromatic rings. The van der Waals surface area contributed by atoms with E-state index in [4.69, 9.17) is 16.7 Å². The van der Waals surface area contributed by atoms with Crippen molar-refractivity contribution in [1.82, 2.24) is 19.8 Å². The third-order valence-electron chi connectivity index (χ3n) is 4.88. The van der Waals surface area contributed by atoms with Crippen LogP contribution in [0.4, 0.5) is 5.69 Å². The van der Waals surface area contributed by atoms with Crippen LogP contribution in [-0.4, -0.2) is 25.7 Å². The molecule has 0 spiro atoms. The molecule has 2 aromatic carbocycles. The van der Waals surface area contributed by atoms with E-state index < -0.39 is 0 Å². The van der Waals surface area contributed by atoms with Gasteiger partial charge in [-0.2, -0.15) is 5.10 Å². The predicted molar refractivity (Wildman–Crippen MR) is 114 cm³/mol. The monoisotopic (exact) mass is 405 g/mol. The first-order valence-electron chi connectivity index (χ1n) is 9.37. The van der Waals surface area contributed by atoms with Gasteiger partial charge in [0.2, 0.25) is 0 Å². The van der Waals surface area contributed by atoms with Gasteiger partial charge in [0, 0.05) is 10.7 Å². The maximum Gasteiger partial charge on any atom is 0.278 e. The first kappa shape index (κ1) is 19.1. The minimum Gasteiger partial charge on any atom is -0.320 e. The summed E-state index contributed by atoms with van der Waals surface area (Å²) >= 11 is 6.15. The normalized spacial score (nSPS) is 11.0. The maximum absolute atomic E-state index is 12.8. The van der Waals surface area contributed by atoms with E-state index in [-0.39, 0.29) is 11.6 Å². The van der Waals surface area contributed by atoms with E-state index in [1.165, 1.54) is 0 Å². The zero-order valence-electron chi connectivity index (χ0n) is 16.4. The molecule has 6 nitrogen and oxygen atoms in total. The molecule has 0 bridgehead atoms. The number of carbonyl (C=O) groups excluding carboxylic acids is 1. The van der Waals surface area contributed by atoms with Crippen molar-refractivity contribution in [2.45, 2.75) is 27.2 Å². The van der Waals surface area contributed by atoms with E-state index in [1.807, 2.05) is 57.2 Å². The number of hydrogen-bond acceptors (Lipinski definition) is 4. The van der Waals surface area contributed by atoms with E-state index in [2.05, 4.69) is 15.5 Å². The first-order chi connectivity index (χ1) is 14.0. The van der Waals surface area contributed by atoms with Crippen molar-refractivity contribution in [3.8, 4) is 11.1 Å². The summed E-state index contributed by atoms with van der Waals surface area (Å²) in [5.41, 5.74) is 5.92. The number of aromatic nitrogens is 4. The minimum atomic E-state index is -0.355. The largest absolute Gasteiger partial charge is 0.320 e. The first-order valence-corrected chi connectivity index (χ1v) is 9.75. The van der Waals surface area contributed by atoms with Crippen molar-refractivity contribution in [3.05, 3.63) is 76.2 Å². The Morgan fingerprint density at radius 1 is 1.10 bits per heavy atom. The molecule has 29 heavy (non-hydrogen) atoms. The fraction of sp³-hybridized carbons (Fsp3) is 0.182. The second kappa shape index (κ2) is 7.64. The van der Waals surface area contributed by atoms with Gasteiger partial charge in [0.25, 0.3) is 5.91 Å². The van der Waals surface area contributed by atoms with Crippen LogP contribution >= 0.6 is 11.6 Å². The molecule has 4 rings (SSSR count). The predicted octanol–water partition coefficient (Wildman–Crippen LogP) is 4.88. The van der Waals surface area contributed by atoms with E-state index in [9.17, 15) is 4.79 Å². The van der Waals surface area contributed by atoms with Gasteiger partial charge in [-0.05, 0) is 43.5 Å². The zero-order valence-corrected chi connectivity index (χ0v) is 17.2. The number of hydrogen-bond donors (Lipinski definition) is 1. The van der Waals surface area contributed by atoms with Crippen molar-refractivity contribution < 1.29 is 4.79 Å². The van der Waals surface area contributed by atoms with Crippen LogP contribution in [0.3, 0.4) is 0 Å². The number of halogens is 1. The van der Waals surface area contributed by atoms with Crippen LogP contribution in [0, 0.1) is 13.8 Å². The molecule has 0 aliphatic rings. The molecule has 0 atom stereocenters. The highest BCUT2D eigenvalue weighted by molar-refractivity contribution is 6.31. The van der Waals surface area contributed by atoms with Crippen molar-refractivity contribution >= 4 is 28.8 Å². The van der Waals surface area contributed by atoms with Crippen molar-refractivity contribution in [1.29, 1.82) is 0 Å². The van der Waals surface area contributed by atoms with Crippen LogP contribution in [0.25, 0.3) is 16.8 Å². The molecule has 2 aromatic heterocycles. The summed E-state index contributed by atoms with van der Waals surface area (Å²) in [5, 5.41) is 16.7. The Bertz CT molecular complexity index is 1220. The summed E-state index contributed by atoms with van der Waals surface area (Å²) in [7, 11) is 0. The number of rotatable bonds is 4. The van der Waals surface area contributed by atoms with E-state index in [1.54, 1.807) is 16.6 Å². The van der Waals surface area contributed by atoms with Crippen molar-refractivity contribution in [2.75, 3.05) is 5.32 Å². The molecule has 0 saturated heterocycles. The quantitative estimate of drug-likeness (QED) is 0.525. The van der Waals surface area contributed by atoms with Gasteiger partial charge in [0.05, 0.1) is 17.0 Å². The molecule has 0 fully saturated rings. The molecule has 7 heteroatoms. The van der Waals surface area contributed by atoms with Gasteiger partial charge >= 0.3 is 0 Å². The van der Waals surface area contributed by atoms with Gasteiger partial charge < -0.3 is 5.32 Å². The summed E-state index contributed by atoms with van der Waals surface area (Å²) in [6, 6.07) is 15.3. The molecule has 0 aliphatic carbocycles. The Morgan fingerprint density at radius 2 is 1.86 bits per heavy atom. The van der Waals surface area contributed by atoms with Crippen LogP contribution in [0.1, 0.15) is 34.4 Å². The van der Waals surface area contributed by atoms with Crippen LogP contribution in [0.5, 0.6) is 0 Å². The SMILES string of the molecule is CCc1nn2c(C)c(C(=O)Nc3ccc(C)c(Cl)c3)nnc2c1-c1ccccc1. The Balaban J connectivity index is 1.76. The summed E-state index contributed by atoms with van der Waals surface area (Å²) in [6.45, 7) is 5.77. The zero-order chi connectivity index (χ0) is 20.5. The number of amides is 1. The molecule has 0 unspecified atom stereocenters. The number of aryl methyl sites for hydroxylation is 3. The van der Waals surface area contributed by atoms with Crippen molar-refractivity contribution in [2.24, 2.45) is 0 Å². The highest BCUT2D eigenvalue weighted by atomic mass is 35.5. The smallest absolute Gasteiger partial charge is 0.278 e. The number of benzene rings is 2. The van der Waals surface area contributed by atoms with E-state index in [0.29, 0.717) is 22.1 Å². The van der Waals surface area contributed by atoms with Gasteiger partial charge in [-0.1, -0.05) is 54.9 Å². The molecule has 146 valence electrons. The van der Waals surface area contributed by atoms with Crippen LogP contribution in [0.2, 0.25) is 5.02 Å². The third-order valence-corrected chi connectivity index (χ3v) is 5.29. The van der Waals surface area contributed by atoms with E-state index in [0.717, 1.165) is 28.8 Å². The van der Waals surface area contributed by atoms with Gasteiger partial charge in [-0.15, -0.1) is 10.2 Å². The lowest BCUT2D eigenvalue weighted by molar-refractivity contribution is 0.102. The lowest BCUT2D eigenvalue weighted by Gasteiger charge is -2.09. The second-order valence-corrected chi connectivity index (χ2v) is 7.24. The van der Waals surface area contributed by atoms with Gasteiger partial charge in [-0.25, -0.2) is 4.52 Å². The summed E-state index contributed by atoms with van der Waals surface area (Å²) in [6.07, 6.45) is 0.746. The Hall–Kier alpha value is -3.25. The Morgan fingerprint density at radius 3 is 2.55 bits per heavy atom. The fourth-order valence-electron chi connectivity index (χ4n) is 3.27. The molecule has 0 aliphatic heterocycles. The minimum absolute atomic E-state index is 0.221. The van der Waals surface area contributed by atoms with Gasteiger partial charge in [0.15, 0.2) is 11.3 Å². The number of fused-ring (bicyclic) bond motifs is 1. The fourth-order valence-corrected chi connectivity index (χ4v) is 3.45. The number of nitrogens with zero attached hydrogens (tertiary/aromatic N) is 4. The summed E-state index contributed by atoms with van der Waals surface area (Å²) in [5.74, 6) is -0.355. The van der Waals surface area contributed by atoms with Gasteiger partial charge in [-0.3, -0.25) is 4.79 Å². The maximum atomic E-state index is 12.8. The average Bonchev–Trinajstić information content (AvgIpc) is 3.11. The molecular weight excluding hydrogens is 386 g/mol. The Kier molecular flexibility index (Phi) is 5.03. The van der Waals surface area contributed by atoms with Crippen LogP contribution < -0.4 is 5.32 Å². The highest BCUT2D eigenvalue weighted by Gasteiger charge is 2.21. The standard InChI is InChI=1S/C22H20ClN5O/c1-4-18-19(15-8-6-5-7-9-15)21-26-25-20(14(3)28(21)27-18)22(29)24-16-11-10-13(2)17(23)12-16/h5-12H,4H2,1-3H3,(H,24,29). The van der Waals surface area contributed by atoms with Crippen molar-refractivity contribution in [3.63, 3.8) is 0 Å². The third kappa shape index (κ3) is 3.47. The molecule has 1 N–H and O–H groups in total. The van der Waals surface area contributed by atoms with Crippen LogP contribution in [0.15, 0.2) is 48.5 Å². The molecule has 0 radical (unpaired) electrons. The Labute approximate surface area is 173 Å². The highest BCUT2D eigenvalue weighted by Crippen LogP contribution is 2.28. The molecule has 1 amide bonds. The lowest BCUT2D eigenvalue weighted by atomic mass is 10.0. The second-order valence-electron chi connectivity index (χ2n) is 6.83. The topological polar surface area (TPSA) is 72.2 Å². The number of nitrogens with one attached hydrogen (secondary N) is 1. The van der Waals surface area contributed by atoms with E-state index >= 15 is 0 Å².